The molecule has 0 unspecified atom stereocenters. The van der Waals surface area contributed by atoms with Gasteiger partial charge in [0, 0.05) is 16.1 Å². The molecule has 0 radical (unpaired) electrons. The second-order valence-electron chi connectivity index (χ2n) is 4.15. The van der Waals surface area contributed by atoms with Crippen LogP contribution >= 0.6 is 11.8 Å². The highest BCUT2D eigenvalue weighted by Gasteiger charge is 2.31. The number of rotatable bonds is 6. The summed E-state index contributed by atoms with van der Waals surface area (Å²) in [6.45, 7) is 5.94. The maximum atomic E-state index is 11.7. The van der Waals surface area contributed by atoms with Crippen molar-refractivity contribution in [2.45, 2.75) is 38.5 Å². The van der Waals surface area contributed by atoms with Gasteiger partial charge in [-0.1, -0.05) is 32.0 Å². The fraction of sp³-hybridized carbons (Fsp3) is 0.500. The van der Waals surface area contributed by atoms with Crippen molar-refractivity contribution in [1.82, 2.24) is 0 Å². The van der Waals surface area contributed by atoms with Crippen LogP contribution in [0.4, 0.5) is 0 Å². The van der Waals surface area contributed by atoms with Gasteiger partial charge in [-0.3, -0.25) is 4.79 Å². The first-order valence-electron chi connectivity index (χ1n) is 5.83. The summed E-state index contributed by atoms with van der Waals surface area (Å²) in [6.07, 6.45) is 1.86. The third-order valence-corrected chi connectivity index (χ3v) is 4.66. The van der Waals surface area contributed by atoms with Crippen molar-refractivity contribution >= 4 is 17.5 Å². The van der Waals surface area contributed by atoms with Gasteiger partial charge >= 0.3 is 0 Å². The Hall–Kier alpha value is -0.760. The van der Waals surface area contributed by atoms with Crippen molar-refractivity contribution in [2.24, 2.45) is 5.41 Å². The Labute approximate surface area is 103 Å². The quantitative estimate of drug-likeness (QED) is 0.689. The van der Waals surface area contributed by atoms with Crippen LogP contribution in [-0.4, -0.2) is 11.5 Å². The molecule has 0 spiro atoms. The number of thioether (sulfide) groups is 1. The average Bonchev–Trinajstić information content (AvgIpc) is 2.32. The van der Waals surface area contributed by atoms with E-state index < -0.39 is 0 Å². The zero-order chi connectivity index (χ0) is 12.0. The predicted octanol–water partition coefficient (Wildman–Crippen LogP) is 4.17. The monoisotopic (exact) mass is 236 g/mol. The van der Waals surface area contributed by atoms with Gasteiger partial charge < -0.3 is 0 Å². The first-order valence-corrected chi connectivity index (χ1v) is 6.82. The zero-order valence-corrected chi connectivity index (χ0v) is 11.1. The van der Waals surface area contributed by atoms with Gasteiger partial charge in [-0.2, -0.15) is 0 Å². The van der Waals surface area contributed by atoms with E-state index in [1.807, 2.05) is 18.2 Å². The van der Waals surface area contributed by atoms with Gasteiger partial charge in [0.1, 0.15) is 5.78 Å². The Bertz CT molecular complexity index is 328. The third kappa shape index (κ3) is 3.11. The van der Waals surface area contributed by atoms with Gasteiger partial charge in [0.15, 0.2) is 0 Å². The molecule has 0 fully saturated rings. The number of carbonyl (C=O) groups is 1. The summed E-state index contributed by atoms with van der Waals surface area (Å²) in [5.74, 6) is 1.21. The number of ketones is 1. The molecule has 0 atom stereocenters. The molecule has 1 rings (SSSR count). The summed E-state index contributed by atoms with van der Waals surface area (Å²) in [7, 11) is 0. The van der Waals surface area contributed by atoms with Crippen LogP contribution in [0.2, 0.25) is 0 Å². The van der Waals surface area contributed by atoms with Crippen LogP contribution in [-0.2, 0) is 4.79 Å². The molecule has 0 saturated carbocycles. The summed E-state index contributed by atoms with van der Waals surface area (Å²) in [6, 6.07) is 10.3. The molecule has 0 aliphatic heterocycles. The van der Waals surface area contributed by atoms with Crippen LogP contribution in [0.1, 0.15) is 33.6 Å². The van der Waals surface area contributed by atoms with Crippen molar-refractivity contribution < 1.29 is 4.79 Å². The molecular weight excluding hydrogens is 216 g/mol. The van der Waals surface area contributed by atoms with Crippen LogP contribution in [0.25, 0.3) is 0 Å². The zero-order valence-electron chi connectivity index (χ0n) is 10.3. The van der Waals surface area contributed by atoms with Crippen LogP contribution in [0.5, 0.6) is 0 Å². The van der Waals surface area contributed by atoms with E-state index in [1.54, 1.807) is 18.7 Å². The molecule has 2 heteroatoms. The second kappa shape index (κ2) is 6.09. The first kappa shape index (κ1) is 13.3. The third-order valence-electron chi connectivity index (χ3n) is 3.36. The lowest BCUT2D eigenvalue weighted by Gasteiger charge is -2.28. The van der Waals surface area contributed by atoms with E-state index in [1.165, 1.54) is 4.90 Å². The molecule has 88 valence electrons. The minimum absolute atomic E-state index is 0.138. The van der Waals surface area contributed by atoms with E-state index in [9.17, 15) is 4.79 Å². The van der Waals surface area contributed by atoms with E-state index in [-0.39, 0.29) is 5.41 Å². The summed E-state index contributed by atoms with van der Waals surface area (Å²) in [4.78, 5) is 13.0. The van der Waals surface area contributed by atoms with Gasteiger partial charge in [0.2, 0.25) is 0 Å². The lowest BCUT2D eigenvalue weighted by Crippen LogP contribution is -2.30. The van der Waals surface area contributed by atoms with Gasteiger partial charge in [0.05, 0.1) is 0 Å². The van der Waals surface area contributed by atoms with Gasteiger partial charge in [0.25, 0.3) is 0 Å². The normalized spacial score (nSPS) is 11.4. The predicted molar refractivity (Wildman–Crippen MR) is 70.9 cm³/mol. The van der Waals surface area contributed by atoms with Crippen molar-refractivity contribution in [3.63, 3.8) is 0 Å². The number of hydrogen-bond acceptors (Lipinski definition) is 2. The molecule has 16 heavy (non-hydrogen) atoms. The first-order chi connectivity index (χ1) is 7.64. The lowest BCUT2D eigenvalue weighted by molar-refractivity contribution is -0.125. The minimum Gasteiger partial charge on any atom is -0.299 e. The molecule has 0 aliphatic carbocycles. The molecule has 0 saturated heterocycles. The van der Waals surface area contributed by atoms with Gasteiger partial charge in [-0.25, -0.2) is 0 Å². The van der Waals surface area contributed by atoms with Crippen molar-refractivity contribution in [3.8, 4) is 0 Å². The fourth-order valence-corrected chi connectivity index (χ4v) is 3.20. The highest BCUT2D eigenvalue weighted by Crippen LogP contribution is 2.34. The summed E-state index contributed by atoms with van der Waals surface area (Å²) in [5, 5.41) is 0. The number of Topliss-reactive ketones (excluding diaryl/α,β-unsaturated/α-hetero) is 1. The molecule has 0 bridgehead atoms. The molecule has 0 aromatic heterocycles. The molecule has 1 aromatic rings. The van der Waals surface area contributed by atoms with Gasteiger partial charge in [-0.05, 0) is 31.9 Å². The Kier molecular flexibility index (Phi) is 5.07. The maximum absolute atomic E-state index is 11.7. The average molecular weight is 236 g/mol. The van der Waals surface area contributed by atoms with E-state index in [4.69, 9.17) is 0 Å². The Morgan fingerprint density at radius 1 is 1.19 bits per heavy atom. The largest absolute Gasteiger partial charge is 0.299 e. The van der Waals surface area contributed by atoms with Crippen molar-refractivity contribution in [3.05, 3.63) is 30.3 Å². The Morgan fingerprint density at radius 2 is 1.75 bits per heavy atom. The molecule has 1 nitrogen and oxygen atoms in total. The molecule has 0 heterocycles. The maximum Gasteiger partial charge on any atom is 0.136 e. The Balaban J connectivity index is 2.67. The number of hydrogen-bond donors (Lipinski definition) is 0. The SMILES string of the molecule is CCC(CC)(CSc1ccccc1)C(C)=O. The number of carbonyl (C=O) groups excluding carboxylic acids is 1. The molecule has 0 aliphatic rings. The smallest absolute Gasteiger partial charge is 0.136 e. The van der Waals surface area contributed by atoms with Crippen molar-refractivity contribution in [1.29, 1.82) is 0 Å². The van der Waals surface area contributed by atoms with Gasteiger partial charge in [-0.15, -0.1) is 11.8 Å². The number of benzene rings is 1. The minimum atomic E-state index is -0.138. The van der Waals surface area contributed by atoms with Crippen molar-refractivity contribution in [2.75, 3.05) is 5.75 Å². The van der Waals surface area contributed by atoms with Crippen LogP contribution in [0.3, 0.4) is 0 Å². The van der Waals surface area contributed by atoms with E-state index in [0.717, 1.165) is 18.6 Å². The van der Waals surface area contributed by atoms with Crippen LogP contribution in [0.15, 0.2) is 35.2 Å². The van der Waals surface area contributed by atoms with E-state index >= 15 is 0 Å². The highest BCUT2D eigenvalue weighted by molar-refractivity contribution is 7.99. The molecule has 0 amide bonds. The lowest BCUT2D eigenvalue weighted by atomic mass is 9.81. The fourth-order valence-electron chi connectivity index (χ4n) is 1.79. The van der Waals surface area contributed by atoms with E-state index in [2.05, 4.69) is 26.0 Å². The van der Waals surface area contributed by atoms with Crippen LogP contribution in [0, 0.1) is 5.41 Å². The summed E-state index contributed by atoms with van der Waals surface area (Å²) >= 11 is 1.78. The second-order valence-corrected chi connectivity index (χ2v) is 5.19. The summed E-state index contributed by atoms with van der Waals surface area (Å²) < 4.78 is 0. The standard InChI is InChI=1S/C14H20OS/c1-4-14(5-2,12(3)15)11-16-13-9-7-6-8-10-13/h6-10H,4-5,11H2,1-3H3. The highest BCUT2D eigenvalue weighted by atomic mass is 32.2. The Morgan fingerprint density at radius 3 is 2.19 bits per heavy atom. The molecule has 1 aromatic carbocycles. The van der Waals surface area contributed by atoms with E-state index in [0.29, 0.717) is 5.78 Å². The van der Waals surface area contributed by atoms with Crippen LogP contribution < -0.4 is 0 Å². The topological polar surface area (TPSA) is 17.1 Å². The summed E-state index contributed by atoms with van der Waals surface area (Å²) in [5.41, 5.74) is -0.138. The molecular formula is C14H20OS. The molecule has 0 N–H and O–H groups in total.